The van der Waals surface area contributed by atoms with E-state index in [2.05, 4.69) is 4.98 Å². The summed E-state index contributed by atoms with van der Waals surface area (Å²) < 4.78 is 10.7. The van der Waals surface area contributed by atoms with Gasteiger partial charge in [-0.25, -0.2) is 4.98 Å². The van der Waals surface area contributed by atoms with Gasteiger partial charge >= 0.3 is 0 Å². The van der Waals surface area contributed by atoms with Gasteiger partial charge in [0.25, 0.3) is 5.56 Å². The highest BCUT2D eigenvalue weighted by Gasteiger charge is 2.19. The first-order valence-electron chi connectivity index (χ1n) is 5.95. The van der Waals surface area contributed by atoms with Crippen LogP contribution in [0.3, 0.4) is 0 Å². The van der Waals surface area contributed by atoms with Crippen molar-refractivity contribution in [3.63, 3.8) is 0 Å². The van der Waals surface area contributed by atoms with Crippen LogP contribution in [0.4, 0.5) is 0 Å². The van der Waals surface area contributed by atoms with Crippen molar-refractivity contribution in [1.29, 1.82) is 5.26 Å². The van der Waals surface area contributed by atoms with E-state index in [1.165, 1.54) is 26.4 Å². The average Bonchev–Trinajstić information content (AvgIpc) is 2.49. The third kappa shape index (κ3) is 2.52. The molecule has 0 saturated heterocycles. The third-order valence-corrected chi connectivity index (χ3v) is 2.98. The Balaban J connectivity index is 2.83. The molecule has 2 N–H and O–H groups in total. The number of aliphatic hydroxyl groups excluding tert-OH is 1. The van der Waals surface area contributed by atoms with E-state index in [1.54, 1.807) is 6.07 Å². The van der Waals surface area contributed by atoms with Gasteiger partial charge in [0.2, 0.25) is 5.88 Å². The van der Waals surface area contributed by atoms with Gasteiger partial charge in [0.05, 0.1) is 19.2 Å². The number of ether oxygens (including phenoxy) is 2. The molecule has 0 aromatic carbocycles. The number of nitrogens with zero attached hydrogens (tertiary/aromatic N) is 3. The molecule has 2 rings (SSSR count). The molecule has 0 aliphatic carbocycles. The number of hydrogen-bond acceptors (Lipinski definition) is 7. The molecule has 2 heterocycles. The highest BCUT2D eigenvalue weighted by Crippen LogP contribution is 2.32. The van der Waals surface area contributed by atoms with Crippen molar-refractivity contribution in [2.75, 3.05) is 14.2 Å². The molecule has 0 fully saturated rings. The zero-order valence-corrected chi connectivity index (χ0v) is 11.4. The summed E-state index contributed by atoms with van der Waals surface area (Å²) in [5, 5.41) is 28.9. The lowest BCUT2D eigenvalue weighted by Crippen LogP contribution is -2.27. The molecule has 2 aromatic heterocycles. The molecular formula is C13H13N3O5. The largest absolute Gasteiger partial charge is 0.504 e. The predicted octanol–water partition coefficient (Wildman–Crippen LogP) is -0.0528. The highest BCUT2D eigenvalue weighted by atomic mass is 16.6. The molecule has 21 heavy (non-hydrogen) atoms. The Morgan fingerprint density at radius 2 is 2.19 bits per heavy atom. The standard InChI is InChI=1S/C13H13N3O5/c1-20-10(18)6-16-9(17)4-3-8-11(16)12(19)7(5-14)13(15-8)21-2/h3-4,10,18H,6H2,1-2H3,(H,15,19). The van der Waals surface area contributed by atoms with E-state index in [4.69, 9.17) is 14.7 Å². The highest BCUT2D eigenvalue weighted by molar-refractivity contribution is 5.85. The number of aromatic nitrogens is 2. The van der Waals surface area contributed by atoms with Crippen molar-refractivity contribution >= 4 is 11.0 Å². The summed E-state index contributed by atoms with van der Waals surface area (Å²) in [4.78, 5) is 16.0. The summed E-state index contributed by atoms with van der Waals surface area (Å²) in [5.74, 6) is -0.472. The van der Waals surface area contributed by atoms with Crippen molar-refractivity contribution < 1.29 is 19.7 Å². The van der Waals surface area contributed by atoms with Crippen LogP contribution in [0.5, 0.6) is 11.6 Å². The van der Waals surface area contributed by atoms with Crippen LogP contribution in [0, 0.1) is 11.3 Å². The molecule has 0 bridgehead atoms. The van der Waals surface area contributed by atoms with E-state index in [-0.39, 0.29) is 29.0 Å². The van der Waals surface area contributed by atoms with Crippen LogP contribution in [0.25, 0.3) is 11.0 Å². The van der Waals surface area contributed by atoms with Gasteiger partial charge in [-0.3, -0.25) is 9.36 Å². The van der Waals surface area contributed by atoms with Crippen molar-refractivity contribution in [1.82, 2.24) is 9.55 Å². The predicted molar refractivity (Wildman–Crippen MR) is 72.0 cm³/mol. The van der Waals surface area contributed by atoms with Gasteiger partial charge in [0, 0.05) is 13.2 Å². The van der Waals surface area contributed by atoms with Crippen molar-refractivity contribution in [2.45, 2.75) is 12.8 Å². The lowest BCUT2D eigenvalue weighted by atomic mass is 10.2. The first-order chi connectivity index (χ1) is 10.0. The lowest BCUT2D eigenvalue weighted by Gasteiger charge is -2.15. The minimum absolute atomic E-state index is 0.0379. The summed E-state index contributed by atoms with van der Waals surface area (Å²) >= 11 is 0. The fraction of sp³-hybridized carbons (Fsp3) is 0.308. The SMILES string of the molecule is COc1nc2ccc(=O)n(CC(O)OC)c2c(O)c1C#N. The maximum Gasteiger partial charge on any atom is 0.251 e. The monoisotopic (exact) mass is 291 g/mol. The number of fused-ring (bicyclic) bond motifs is 1. The minimum atomic E-state index is -1.24. The van der Waals surface area contributed by atoms with E-state index >= 15 is 0 Å². The van der Waals surface area contributed by atoms with Gasteiger partial charge in [-0.2, -0.15) is 5.26 Å². The number of rotatable bonds is 4. The van der Waals surface area contributed by atoms with Gasteiger partial charge in [0.15, 0.2) is 17.6 Å². The van der Waals surface area contributed by atoms with E-state index < -0.39 is 17.6 Å². The number of nitriles is 1. The maximum atomic E-state index is 11.9. The van der Waals surface area contributed by atoms with Crippen LogP contribution < -0.4 is 10.3 Å². The maximum absolute atomic E-state index is 11.9. The van der Waals surface area contributed by atoms with E-state index in [9.17, 15) is 15.0 Å². The normalized spacial score (nSPS) is 12.1. The summed E-state index contributed by atoms with van der Waals surface area (Å²) in [6.45, 7) is -0.209. The van der Waals surface area contributed by atoms with Gasteiger partial charge in [-0.15, -0.1) is 0 Å². The Morgan fingerprint density at radius 1 is 1.48 bits per heavy atom. The lowest BCUT2D eigenvalue weighted by molar-refractivity contribution is -0.0833. The van der Waals surface area contributed by atoms with Gasteiger partial charge in [-0.1, -0.05) is 0 Å². The summed E-state index contributed by atoms with van der Waals surface area (Å²) in [6, 6.07) is 4.41. The van der Waals surface area contributed by atoms with Crippen LogP contribution in [0.1, 0.15) is 5.56 Å². The van der Waals surface area contributed by atoms with Gasteiger partial charge in [-0.05, 0) is 6.07 Å². The number of aromatic hydroxyl groups is 1. The average molecular weight is 291 g/mol. The molecule has 1 unspecified atom stereocenters. The second-order valence-electron chi connectivity index (χ2n) is 4.16. The summed E-state index contributed by atoms with van der Waals surface area (Å²) in [6.07, 6.45) is -1.24. The van der Waals surface area contributed by atoms with Crippen molar-refractivity contribution in [3.05, 3.63) is 28.0 Å². The Morgan fingerprint density at radius 3 is 2.76 bits per heavy atom. The molecule has 1 atom stereocenters. The summed E-state index contributed by atoms with van der Waals surface area (Å²) in [7, 11) is 2.60. The van der Waals surface area contributed by atoms with Crippen LogP contribution in [0.2, 0.25) is 0 Å². The molecule has 0 aliphatic heterocycles. The molecular weight excluding hydrogens is 278 g/mol. The zero-order valence-electron chi connectivity index (χ0n) is 11.4. The molecule has 0 radical (unpaired) electrons. The van der Waals surface area contributed by atoms with Crippen molar-refractivity contribution in [3.8, 4) is 17.7 Å². The smallest absolute Gasteiger partial charge is 0.251 e. The minimum Gasteiger partial charge on any atom is -0.504 e. The van der Waals surface area contributed by atoms with Gasteiger partial charge in [0.1, 0.15) is 11.6 Å². The molecule has 110 valence electrons. The second-order valence-corrected chi connectivity index (χ2v) is 4.16. The van der Waals surface area contributed by atoms with Crippen LogP contribution >= 0.6 is 0 Å². The second kappa shape index (κ2) is 5.78. The molecule has 0 amide bonds. The first kappa shape index (κ1) is 14.8. The van der Waals surface area contributed by atoms with Crippen LogP contribution in [-0.4, -0.2) is 40.3 Å². The van der Waals surface area contributed by atoms with E-state index in [0.29, 0.717) is 0 Å². The van der Waals surface area contributed by atoms with Crippen molar-refractivity contribution in [2.24, 2.45) is 0 Å². The Labute approximate surface area is 119 Å². The summed E-state index contributed by atoms with van der Waals surface area (Å²) in [5.41, 5.74) is -0.358. The zero-order chi connectivity index (χ0) is 15.6. The quantitative estimate of drug-likeness (QED) is 0.758. The molecule has 8 heteroatoms. The van der Waals surface area contributed by atoms with Crippen LogP contribution in [-0.2, 0) is 11.3 Å². The first-order valence-corrected chi connectivity index (χ1v) is 5.95. The number of pyridine rings is 2. The molecule has 0 saturated carbocycles. The molecule has 0 aliphatic rings. The Kier molecular flexibility index (Phi) is 4.07. The number of hydrogen-bond donors (Lipinski definition) is 2. The van der Waals surface area contributed by atoms with Gasteiger partial charge < -0.3 is 19.7 Å². The topological polar surface area (TPSA) is 118 Å². The number of aliphatic hydroxyl groups is 1. The number of methoxy groups -OCH3 is 2. The third-order valence-electron chi connectivity index (χ3n) is 2.98. The Bertz CT molecular complexity index is 778. The van der Waals surface area contributed by atoms with E-state index in [0.717, 1.165) is 4.57 Å². The van der Waals surface area contributed by atoms with Crippen LogP contribution in [0.15, 0.2) is 16.9 Å². The molecule has 2 aromatic rings. The Hall–Kier alpha value is -2.63. The fourth-order valence-corrected chi connectivity index (χ4v) is 1.95. The molecule has 8 nitrogen and oxygen atoms in total. The molecule has 0 spiro atoms. The fourth-order valence-electron chi connectivity index (χ4n) is 1.95. The van der Waals surface area contributed by atoms with E-state index in [1.807, 2.05) is 0 Å².